The number of alkyl halides is 3. The van der Waals surface area contributed by atoms with E-state index in [4.69, 9.17) is 14.6 Å². The van der Waals surface area contributed by atoms with E-state index in [1.807, 2.05) is 0 Å². The number of aromatic nitrogens is 1. The first-order chi connectivity index (χ1) is 18.7. The Bertz CT molecular complexity index is 1350. The van der Waals surface area contributed by atoms with E-state index in [1.54, 1.807) is 6.92 Å². The van der Waals surface area contributed by atoms with Crippen molar-refractivity contribution in [3.63, 3.8) is 0 Å². The van der Waals surface area contributed by atoms with Crippen LogP contribution in [0.4, 0.5) is 13.2 Å². The highest BCUT2D eigenvalue weighted by molar-refractivity contribution is 7.91. The fourth-order valence-corrected chi connectivity index (χ4v) is 5.49. The fraction of sp³-hybridized carbons (Fsp3) is 0.360. The van der Waals surface area contributed by atoms with Gasteiger partial charge in [-0.3, -0.25) is 19.8 Å². The van der Waals surface area contributed by atoms with Crippen LogP contribution in [0.25, 0.3) is 0 Å². The molecule has 40 heavy (non-hydrogen) atoms. The van der Waals surface area contributed by atoms with Gasteiger partial charge < -0.3 is 15.2 Å². The number of carbonyl (C=O) groups excluding carboxylic acids is 2. The summed E-state index contributed by atoms with van der Waals surface area (Å²) in [4.78, 5) is 38.6. The van der Waals surface area contributed by atoms with Gasteiger partial charge >= 0.3 is 12.1 Å². The first-order valence-corrected chi connectivity index (χ1v) is 13.2. The van der Waals surface area contributed by atoms with Crippen molar-refractivity contribution in [2.45, 2.75) is 30.8 Å². The first kappa shape index (κ1) is 32.2. The number of hydrogen-bond acceptors (Lipinski definition) is 9. The van der Waals surface area contributed by atoms with Crippen LogP contribution in [-0.4, -0.2) is 78.2 Å². The number of carboxylic acid groups (broad SMARTS) is 1. The molecule has 1 aliphatic heterocycles. The summed E-state index contributed by atoms with van der Waals surface area (Å²) in [6.07, 6.45) is -2.10. The lowest BCUT2D eigenvalue weighted by molar-refractivity contribution is -0.192. The fourth-order valence-electron chi connectivity index (χ4n) is 3.64. The Morgan fingerprint density at radius 3 is 2.25 bits per heavy atom. The number of piperidine rings is 1. The molecule has 0 saturated carbocycles. The molecule has 216 valence electrons. The van der Waals surface area contributed by atoms with Crippen LogP contribution in [0.5, 0.6) is 5.75 Å². The van der Waals surface area contributed by atoms with Crippen LogP contribution in [0.15, 0.2) is 53.7 Å². The number of benzene rings is 1. The molecule has 1 aromatic heterocycles. The molecule has 2 amide bonds. The summed E-state index contributed by atoms with van der Waals surface area (Å²) >= 11 is 0. The van der Waals surface area contributed by atoms with Crippen LogP contribution in [0.3, 0.4) is 0 Å². The molecule has 1 aromatic carbocycles. The number of hydrogen-bond donors (Lipinski definition) is 3. The van der Waals surface area contributed by atoms with Crippen molar-refractivity contribution >= 4 is 27.6 Å². The molecular weight excluding hydrogens is 559 g/mol. The van der Waals surface area contributed by atoms with Gasteiger partial charge in [-0.05, 0) is 69.3 Å². The molecule has 3 N–H and O–H groups in total. The molecule has 3 rings (SSSR count). The second-order valence-electron chi connectivity index (χ2n) is 8.44. The number of amides is 2. The van der Waals surface area contributed by atoms with Crippen molar-refractivity contribution in [2.24, 2.45) is 5.41 Å². The molecule has 1 aliphatic rings. The van der Waals surface area contributed by atoms with Crippen molar-refractivity contribution < 1.29 is 51.0 Å². The third-order valence-electron chi connectivity index (χ3n) is 5.69. The Labute approximate surface area is 227 Å². The van der Waals surface area contributed by atoms with Gasteiger partial charge in [-0.15, -0.1) is 5.92 Å². The minimum Gasteiger partial charge on any atom is -0.481 e. The summed E-state index contributed by atoms with van der Waals surface area (Å²) < 4.78 is 63.6. The van der Waals surface area contributed by atoms with Crippen LogP contribution >= 0.6 is 0 Å². The average molecular weight is 586 g/mol. The van der Waals surface area contributed by atoms with E-state index < -0.39 is 45.0 Å². The predicted octanol–water partition coefficient (Wildman–Crippen LogP) is 2.32. The maximum atomic E-state index is 13.3. The summed E-state index contributed by atoms with van der Waals surface area (Å²) in [7, 11) is -3.92. The summed E-state index contributed by atoms with van der Waals surface area (Å²) in [5, 5.41) is 20.7. The first-order valence-electron chi connectivity index (χ1n) is 11.6. The summed E-state index contributed by atoms with van der Waals surface area (Å²) in [6.45, 7) is 2.63. The zero-order valence-corrected chi connectivity index (χ0v) is 22.0. The molecule has 15 heteroatoms. The second kappa shape index (κ2) is 13.9. The molecule has 0 unspecified atom stereocenters. The van der Waals surface area contributed by atoms with Gasteiger partial charge in [-0.2, -0.15) is 18.2 Å². The summed E-state index contributed by atoms with van der Waals surface area (Å²) in [6, 6.07) is 8.75. The number of pyridine rings is 1. The lowest BCUT2D eigenvalue weighted by Gasteiger charge is -2.37. The molecule has 1 saturated heterocycles. The maximum absolute atomic E-state index is 13.3. The van der Waals surface area contributed by atoms with E-state index in [1.165, 1.54) is 48.8 Å². The van der Waals surface area contributed by atoms with Gasteiger partial charge in [-0.1, -0.05) is 5.92 Å². The molecule has 1 fully saturated rings. The third kappa shape index (κ3) is 8.76. The Balaban J connectivity index is 0.000000708. The van der Waals surface area contributed by atoms with Crippen LogP contribution in [0.2, 0.25) is 0 Å². The highest BCUT2D eigenvalue weighted by atomic mass is 32.2. The highest BCUT2D eigenvalue weighted by Crippen LogP contribution is 2.35. The van der Waals surface area contributed by atoms with Gasteiger partial charge in [0.1, 0.15) is 12.4 Å². The number of rotatable bonds is 7. The number of hydroxylamine groups is 2. The molecule has 0 radical (unpaired) electrons. The SMILES string of the molecule is CC#CCOc1ccc(S(=O)(=O)CC2(C(=O)N(O)C(=O)c3cccnc3)CCNCC2)cc1.O=C(O)C(F)(F)F. The van der Waals surface area contributed by atoms with Gasteiger partial charge in [0.25, 0.3) is 11.8 Å². The normalized spacial score (nSPS) is 14.4. The third-order valence-corrected chi connectivity index (χ3v) is 7.61. The van der Waals surface area contributed by atoms with Crippen LogP contribution < -0.4 is 10.1 Å². The largest absolute Gasteiger partial charge is 0.490 e. The van der Waals surface area contributed by atoms with Crippen molar-refractivity contribution in [1.82, 2.24) is 15.4 Å². The Morgan fingerprint density at radius 1 is 1.15 bits per heavy atom. The number of sulfone groups is 1. The van der Waals surface area contributed by atoms with Crippen LogP contribution in [0.1, 0.15) is 30.1 Å². The van der Waals surface area contributed by atoms with Crippen molar-refractivity contribution in [1.29, 1.82) is 0 Å². The number of halogens is 3. The monoisotopic (exact) mass is 585 g/mol. The number of carboxylic acids is 1. The molecule has 11 nitrogen and oxygen atoms in total. The quantitative estimate of drug-likeness (QED) is 0.190. The topological polar surface area (TPSA) is 163 Å². The zero-order valence-electron chi connectivity index (χ0n) is 21.1. The Kier molecular flexibility index (Phi) is 11.2. The zero-order chi connectivity index (χ0) is 30.0. The van der Waals surface area contributed by atoms with Gasteiger partial charge in [0.2, 0.25) is 0 Å². The molecule has 2 aromatic rings. The van der Waals surface area contributed by atoms with Crippen molar-refractivity contribution in [3.05, 3.63) is 54.4 Å². The molecule has 0 aliphatic carbocycles. The number of imide groups is 1. The number of nitrogens with zero attached hydrogens (tertiary/aromatic N) is 2. The van der Waals surface area contributed by atoms with E-state index in [0.717, 1.165) is 0 Å². The van der Waals surface area contributed by atoms with Gasteiger partial charge in [0, 0.05) is 12.4 Å². The molecule has 2 heterocycles. The van der Waals surface area contributed by atoms with E-state index in [9.17, 15) is 36.4 Å². The minimum absolute atomic E-state index is 0.0173. The highest BCUT2D eigenvalue weighted by Gasteiger charge is 2.47. The number of aliphatic carboxylic acids is 1. The van der Waals surface area contributed by atoms with Gasteiger partial charge in [0.05, 0.1) is 21.6 Å². The smallest absolute Gasteiger partial charge is 0.481 e. The second-order valence-corrected chi connectivity index (χ2v) is 10.4. The van der Waals surface area contributed by atoms with Crippen LogP contribution in [0, 0.1) is 17.3 Å². The summed E-state index contributed by atoms with van der Waals surface area (Å²) in [5.41, 5.74) is -1.44. The lowest BCUT2D eigenvalue weighted by atomic mass is 9.79. The van der Waals surface area contributed by atoms with E-state index in [2.05, 4.69) is 22.1 Å². The molecular formula is C25H26F3N3O8S. The predicted molar refractivity (Wildman–Crippen MR) is 133 cm³/mol. The molecule has 0 atom stereocenters. The number of ether oxygens (including phenoxy) is 1. The van der Waals surface area contributed by atoms with Crippen LogP contribution in [-0.2, 0) is 19.4 Å². The molecule has 0 bridgehead atoms. The maximum Gasteiger partial charge on any atom is 0.490 e. The van der Waals surface area contributed by atoms with E-state index in [0.29, 0.717) is 18.8 Å². The lowest BCUT2D eigenvalue weighted by Crippen LogP contribution is -2.53. The number of carbonyl (C=O) groups is 3. The molecule has 0 spiro atoms. The van der Waals surface area contributed by atoms with E-state index >= 15 is 0 Å². The number of nitrogens with one attached hydrogen (secondary N) is 1. The van der Waals surface area contributed by atoms with Gasteiger partial charge in [-0.25, -0.2) is 13.2 Å². The Hall–Kier alpha value is -4.00. The average Bonchev–Trinajstić information content (AvgIpc) is 2.93. The standard InChI is InChI=1S/C23H25N3O6S.C2HF3O2/c1-2-3-15-32-19-6-8-20(9-7-19)33(30,31)17-23(10-13-24-14-11-23)22(28)26(29)21(27)18-5-4-12-25-16-18;3-2(4,5)1(6)7/h4-9,12,16,24,29H,10-11,13-15,17H2,1H3;(H,6,7). The van der Waals surface area contributed by atoms with Crippen molar-refractivity contribution in [3.8, 4) is 17.6 Å². The minimum atomic E-state index is -5.08. The van der Waals surface area contributed by atoms with Gasteiger partial charge in [0.15, 0.2) is 9.84 Å². The van der Waals surface area contributed by atoms with E-state index in [-0.39, 0.29) is 35.0 Å². The Morgan fingerprint density at radius 2 is 1.75 bits per heavy atom. The van der Waals surface area contributed by atoms with Crippen molar-refractivity contribution in [2.75, 3.05) is 25.4 Å². The summed E-state index contributed by atoms with van der Waals surface area (Å²) in [5.74, 6) is 0.716.